The average molecular weight is 269 g/mol. The predicted molar refractivity (Wildman–Crippen MR) is 79.9 cm³/mol. The van der Waals surface area contributed by atoms with E-state index in [9.17, 15) is 4.79 Å². The van der Waals surface area contributed by atoms with Crippen molar-refractivity contribution in [2.24, 2.45) is 17.6 Å². The number of carbonyl (C=O) groups is 1. The van der Waals surface area contributed by atoms with Gasteiger partial charge in [-0.2, -0.15) is 0 Å². The van der Waals surface area contributed by atoms with Gasteiger partial charge in [0.05, 0.1) is 0 Å². The van der Waals surface area contributed by atoms with Crippen LogP contribution in [0.15, 0.2) is 0 Å². The van der Waals surface area contributed by atoms with Gasteiger partial charge in [0, 0.05) is 25.6 Å². The van der Waals surface area contributed by atoms with Crippen LogP contribution in [0.4, 0.5) is 0 Å². The Hall–Kier alpha value is -0.610. The zero-order chi connectivity index (χ0) is 14.4. The lowest BCUT2D eigenvalue weighted by Gasteiger charge is -2.36. The highest BCUT2D eigenvalue weighted by atomic mass is 16.2. The summed E-state index contributed by atoms with van der Waals surface area (Å²) >= 11 is 0. The molecule has 0 saturated carbocycles. The maximum atomic E-state index is 12.4. The number of rotatable bonds is 6. The first kappa shape index (κ1) is 16.4. The number of hydrogen-bond donors (Lipinski definition) is 1. The number of likely N-dealkylation sites (tertiary alicyclic amines) is 1. The fourth-order valence-electron chi connectivity index (χ4n) is 2.91. The summed E-state index contributed by atoms with van der Waals surface area (Å²) in [5.74, 6) is 1.24. The molecular formula is C15H31N3O. The first-order valence-electron chi connectivity index (χ1n) is 7.58. The molecule has 1 fully saturated rings. The summed E-state index contributed by atoms with van der Waals surface area (Å²) in [5.41, 5.74) is 5.80. The van der Waals surface area contributed by atoms with E-state index in [1.54, 1.807) is 0 Å². The molecule has 1 heterocycles. The molecule has 1 aliphatic heterocycles. The van der Waals surface area contributed by atoms with Crippen LogP contribution in [0.2, 0.25) is 0 Å². The number of likely N-dealkylation sites (N-methyl/N-ethyl adjacent to an activating group) is 1. The van der Waals surface area contributed by atoms with Crippen LogP contribution in [-0.4, -0.2) is 55.5 Å². The van der Waals surface area contributed by atoms with E-state index in [0.717, 1.165) is 25.9 Å². The van der Waals surface area contributed by atoms with E-state index in [1.807, 2.05) is 4.90 Å². The molecule has 2 N–H and O–H groups in total. The molecule has 1 rings (SSSR count). The fourth-order valence-corrected chi connectivity index (χ4v) is 2.91. The molecule has 19 heavy (non-hydrogen) atoms. The third-order valence-corrected chi connectivity index (χ3v) is 4.08. The smallest absolute Gasteiger partial charge is 0.222 e. The minimum Gasteiger partial charge on any atom is -0.341 e. The molecule has 4 nitrogen and oxygen atoms in total. The van der Waals surface area contributed by atoms with Gasteiger partial charge < -0.3 is 15.5 Å². The van der Waals surface area contributed by atoms with Gasteiger partial charge >= 0.3 is 0 Å². The topological polar surface area (TPSA) is 49.6 Å². The Morgan fingerprint density at radius 2 is 2.11 bits per heavy atom. The Kier molecular flexibility index (Phi) is 6.80. The summed E-state index contributed by atoms with van der Waals surface area (Å²) in [5, 5.41) is 0. The number of nitrogens with zero attached hydrogens (tertiary/aromatic N) is 2. The minimum atomic E-state index is 0.294. The molecular weight excluding hydrogens is 238 g/mol. The van der Waals surface area contributed by atoms with Crippen LogP contribution in [-0.2, 0) is 4.79 Å². The van der Waals surface area contributed by atoms with Gasteiger partial charge in [0.25, 0.3) is 0 Å². The fraction of sp³-hybridized carbons (Fsp3) is 0.933. The second kappa shape index (κ2) is 7.85. The van der Waals surface area contributed by atoms with E-state index < -0.39 is 0 Å². The van der Waals surface area contributed by atoms with Crippen molar-refractivity contribution >= 4 is 5.91 Å². The lowest BCUT2D eigenvalue weighted by Crippen LogP contribution is -2.48. The lowest BCUT2D eigenvalue weighted by atomic mass is 9.93. The molecule has 1 amide bonds. The molecule has 1 aliphatic rings. The summed E-state index contributed by atoms with van der Waals surface area (Å²) in [6.07, 6.45) is 3.98. The van der Waals surface area contributed by atoms with Crippen LogP contribution in [0.1, 0.15) is 39.5 Å². The van der Waals surface area contributed by atoms with Crippen LogP contribution in [0, 0.1) is 11.8 Å². The van der Waals surface area contributed by atoms with Crippen molar-refractivity contribution in [3.8, 4) is 0 Å². The standard InChI is InChI=1S/C15H31N3O/c1-12(2)8-13(10-16)9-15(19)18-7-5-6-14(11-18)17(3)4/h12-14H,5-11,16H2,1-4H3/t13-,14?/m0/s1. The van der Waals surface area contributed by atoms with E-state index in [1.165, 1.54) is 6.42 Å². The van der Waals surface area contributed by atoms with Crippen molar-refractivity contribution in [2.45, 2.75) is 45.6 Å². The third kappa shape index (κ3) is 5.49. The summed E-state index contributed by atoms with van der Waals surface area (Å²) in [4.78, 5) is 16.6. The third-order valence-electron chi connectivity index (χ3n) is 4.08. The Bertz CT molecular complexity index is 279. The van der Waals surface area contributed by atoms with Crippen molar-refractivity contribution in [1.82, 2.24) is 9.80 Å². The van der Waals surface area contributed by atoms with Crippen molar-refractivity contribution in [2.75, 3.05) is 33.7 Å². The average Bonchev–Trinajstić information content (AvgIpc) is 2.37. The Morgan fingerprint density at radius 3 is 2.63 bits per heavy atom. The van der Waals surface area contributed by atoms with Gasteiger partial charge in [-0.05, 0) is 51.7 Å². The highest BCUT2D eigenvalue weighted by molar-refractivity contribution is 5.76. The molecule has 0 aromatic heterocycles. The maximum Gasteiger partial charge on any atom is 0.222 e. The summed E-state index contributed by atoms with van der Waals surface area (Å²) in [6, 6.07) is 0.513. The van der Waals surface area contributed by atoms with E-state index >= 15 is 0 Å². The summed E-state index contributed by atoms with van der Waals surface area (Å²) in [7, 11) is 4.19. The minimum absolute atomic E-state index is 0.294. The van der Waals surface area contributed by atoms with Crippen LogP contribution in [0.25, 0.3) is 0 Å². The van der Waals surface area contributed by atoms with Gasteiger partial charge in [-0.25, -0.2) is 0 Å². The van der Waals surface area contributed by atoms with Gasteiger partial charge in [0.15, 0.2) is 0 Å². The van der Waals surface area contributed by atoms with Crippen molar-refractivity contribution in [3.05, 3.63) is 0 Å². The molecule has 0 spiro atoms. The predicted octanol–water partition coefficient (Wildman–Crippen LogP) is 1.55. The highest BCUT2D eigenvalue weighted by Gasteiger charge is 2.26. The Labute approximate surface area is 118 Å². The molecule has 0 bridgehead atoms. The lowest BCUT2D eigenvalue weighted by molar-refractivity contribution is -0.134. The Balaban J connectivity index is 2.47. The van der Waals surface area contributed by atoms with Crippen molar-refractivity contribution < 1.29 is 4.79 Å². The van der Waals surface area contributed by atoms with Crippen LogP contribution >= 0.6 is 0 Å². The van der Waals surface area contributed by atoms with E-state index in [4.69, 9.17) is 5.73 Å². The summed E-state index contributed by atoms with van der Waals surface area (Å²) < 4.78 is 0. The van der Waals surface area contributed by atoms with Crippen LogP contribution in [0.3, 0.4) is 0 Å². The van der Waals surface area contributed by atoms with E-state index in [-0.39, 0.29) is 0 Å². The highest BCUT2D eigenvalue weighted by Crippen LogP contribution is 2.19. The van der Waals surface area contributed by atoms with Crippen LogP contribution in [0.5, 0.6) is 0 Å². The van der Waals surface area contributed by atoms with Gasteiger partial charge in [-0.15, -0.1) is 0 Å². The van der Waals surface area contributed by atoms with Crippen LogP contribution < -0.4 is 5.73 Å². The van der Waals surface area contributed by atoms with Gasteiger partial charge in [0.1, 0.15) is 0 Å². The largest absolute Gasteiger partial charge is 0.341 e. The second-order valence-electron chi connectivity index (χ2n) is 6.53. The number of nitrogens with two attached hydrogens (primary N) is 1. The second-order valence-corrected chi connectivity index (χ2v) is 6.53. The monoisotopic (exact) mass is 269 g/mol. The maximum absolute atomic E-state index is 12.4. The number of hydrogen-bond acceptors (Lipinski definition) is 3. The molecule has 112 valence electrons. The van der Waals surface area contributed by atoms with Crippen molar-refractivity contribution in [3.63, 3.8) is 0 Å². The molecule has 0 aliphatic carbocycles. The number of carbonyl (C=O) groups excluding carboxylic acids is 1. The number of piperidine rings is 1. The first-order valence-corrected chi connectivity index (χ1v) is 7.58. The van der Waals surface area contributed by atoms with Gasteiger partial charge in [0.2, 0.25) is 5.91 Å². The normalized spacial score (nSPS) is 22.1. The van der Waals surface area contributed by atoms with E-state index in [0.29, 0.717) is 36.8 Å². The van der Waals surface area contributed by atoms with Gasteiger partial charge in [-0.1, -0.05) is 13.8 Å². The molecule has 0 aromatic rings. The molecule has 1 unspecified atom stereocenters. The van der Waals surface area contributed by atoms with E-state index in [2.05, 4.69) is 32.8 Å². The molecule has 1 saturated heterocycles. The zero-order valence-electron chi connectivity index (χ0n) is 13.1. The molecule has 0 aromatic carbocycles. The number of amides is 1. The molecule has 0 radical (unpaired) electrons. The Morgan fingerprint density at radius 1 is 1.42 bits per heavy atom. The quantitative estimate of drug-likeness (QED) is 0.796. The first-order chi connectivity index (χ1) is 8.93. The summed E-state index contributed by atoms with van der Waals surface area (Å²) in [6.45, 7) is 6.80. The molecule has 2 atom stereocenters. The zero-order valence-corrected chi connectivity index (χ0v) is 13.1. The van der Waals surface area contributed by atoms with Gasteiger partial charge in [-0.3, -0.25) is 4.79 Å². The molecule has 4 heteroatoms. The SMILES string of the molecule is CC(C)C[C@H](CN)CC(=O)N1CCCC(N(C)C)C1. The van der Waals surface area contributed by atoms with Crippen molar-refractivity contribution in [1.29, 1.82) is 0 Å².